The molecule has 4 heteroatoms. The molecule has 0 aliphatic carbocycles. The van der Waals surface area contributed by atoms with Crippen molar-refractivity contribution in [2.24, 2.45) is 7.05 Å². The van der Waals surface area contributed by atoms with Gasteiger partial charge in [0, 0.05) is 24.5 Å². The molecule has 0 bridgehead atoms. The quantitative estimate of drug-likeness (QED) is 0.708. The first kappa shape index (κ1) is 9.21. The van der Waals surface area contributed by atoms with Gasteiger partial charge < -0.3 is 4.57 Å². The number of benzene rings is 1. The van der Waals surface area contributed by atoms with Crippen LogP contribution in [0.3, 0.4) is 0 Å². The average molecular weight is 211 g/mol. The predicted octanol–water partition coefficient (Wildman–Crippen LogP) is 2.88. The molecule has 2 nitrogen and oxygen atoms in total. The Labute approximate surface area is 86.0 Å². The van der Waals surface area contributed by atoms with Gasteiger partial charge in [0.15, 0.2) is 0 Å². The first-order chi connectivity index (χ1) is 6.68. The molecule has 1 heterocycles. The molecule has 0 unspecified atom stereocenters. The van der Waals surface area contributed by atoms with Crippen LogP contribution >= 0.6 is 11.6 Å². The van der Waals surface area contributed by atoms with Crippen LogP contribution in [0, 0.1) is 5.82 Å². The molecule has 0 atom stereocenters. The minimum absolute atomic E-state index is 0.316. The lowest BCUT2D eigenvalue weighted by atomic mass is 10.2. The average Bonchev–Trinajstić information content (AvgIpc) is 2.56. The lowest BCUT2D eigenvalue weighted by Crippen LogP contribution is -1.93. The van der Waals surface area contributed by atoms with Gasteiger partial charge in [-0.05, 0) is 18.2 Å². The van der Waals surface area contributed by atoms with E-state index in [-0.39, 0.29) is 5.82 Å². The Balaban J connectivity index is 2.62. The first-order valence-electron chi connectivity index (χ1n) is 4.11. The van der Waals surface area contributed by atoms with E-state index in [2.05, 4.69) is 4.98 Å². The fourth-order valence-electron chi connectivity index (χ4n) is 1.29. The van der Waals surface area contributed by atoms with Crippen LogP contribution in [0.15, 0.2) is 30.6 Å². The lowest BCUT2D eigenvalue weighted by molar-refractivity contribution is 0.629. The van der Waals surface area contributed by atoms with Crippen molar-refractivity contribution in [2.75, 3.05) is 0 Å². The van der Waals surface area contributed by atoms with E-state index in [9.17, 15) is 4.39 Å². The van der Waals surface area contributed by atoms with Crippen molar-refractivity contribution in [1.29, 1.82) is 0 Å². The standard InChI is InChI=1S/C10H8ClFN2/c1-14-5-4-13-10(14)8-6-7(11)2-3-9(8)12/h2-6H,1H3. The van der Waals surface area contributed by atoms with Crippen LogP contribution in [0.1, 0.15) is 0 Å². The zero-order valence-electron chi connectivity index (χ0n) is 7.54. The Morgan fingerprint density at radius 1 is 1.43 bits per heavy atom. The molecule has 0 saturated heterocycles. The predicted molar refractivity (Wildman–Crippen MR) is 53.6 cm³/mol. The van der Waals surface area contributed by atoms with Crippen LogP contribution in [0.4, 0.5) is 4.39 Å². The van der Waals surface area contributed by atoms with Gasteiger partial charge in [0.1, 0.15) is 11.6 Å². The van der Waals surface area contributed by atoms with Gasteiger partial charge in [0.2, 0.25) is 0 Å². The Morgan fingerprint density at radius 3 is 2.86 bits per heavy atom. The molecule has 0 aliphatic rings. The number of imidazole rings is 1. The molecule has 0 spiro atoms. The van der Waals surface area contributed by atoms with Gasteiger partial charge in [0.05, 0.1) is 5.56 Å². The molecule has 0 saturated carbocycles. The van der Waals surface area contributed by atoms with Gasteiger partial charge in [-0.15, -0.1) is 0 Å². The highest BCUT2D eigenvalue weighted by Crippen LogP contribution is 2.23. The third-order valence-electron chi connectivity index (χ3n) is 1.99. The van der Waals surface area contributed by atoms with Gasteiger partial charge >= 0.3 is 0 Å². The minimum atomic E-state index is -0.316. The second-order valence-electron chi connectivity index (χ2n) is 2.99. The number of halogens is 2. The van der Waals surface area contributed by atoms with Gasteiger partial charge in [-0.1, -0.05) is 11.6 Å². The summed E-state index contributed by atoms with van der Waals surface area (Å²) in [6, 6.07) is 4.43. The number of aromatic nitrogens is 2. The van der Waals surface area contributed by atoms with Crippen LogP contribution in [-0.4, -0.2) is 9.55 Å². The Morgan fingerprint density at radius 2 is 2.21 bits per heavy atom. The highest BCUT2D eigenvalue weighted by atomic mass is 35.5. The van der Waals surface area contributed by atoms with E-state index in [1.807, 2.05) is 7.05 Å². The van der Waals surface area contributed by atoms with Crippen molar-refractivity contribution in [3.63, 3.8) is 0 Å². The zero-order valence-corrected chi connectivity index (χ0v) is 8.29. The molecule has 1 aromatic heterocycles. The number of hydrogen-bond acceptors (Lipinski definition) is 1. The Kier molecular flexibility index (Phi) is 2.25. The van der Waals surface area contributed by atoms with Crippen molar-refractivity contribution < 1.29 is 4.39 Å². The van der Waals surface area contributed by atoms with Crippen LogP contribution in [0.2, 0.25) is 5.02 Å². The zero-order chi connectivity index (χ0) is 10.1. The van der Waals surface area contributed by atoms with Crippen LogP contribution in [0.5, 0.6) is 0 Å². The molecule has 0 N–H and O–H groups in total. The molecule has 14 heavy (non-hydrogen) atoms. The van der Waals surface area contributed by atoms with Gasteiger partial charge in [0.25, 0.3) is 0 Å². The fourth-order valence-corrected chi connectivity index (χ4v) is 1.47. The second kappa shape index (κ2) is 3.42. The minimum Gasteiger partial charge on any atom is -0.334 e. The first-order valence-corrected chi connectivity index (χ1v) is 4.49. The topological polar surface area (TPSA) is 17.8 Å². The number of rotatable bonds is 1. The summed E-state index contributed by atoms with van der Waals surface area (Å²) in [7, 11) is 1.81. The van der Waals surface area contributed by atoms with E-state index in [4.69, 9.17) is 11.6 Å². The molecular weight excluding hydrogens is 203 g/mol. The van der Waals surface area contributed by atoms with E-state index in [1.54, 1.807) is 23.0 Å². The molecule has 2 aromatic rings. The van der Waals surface area contributed by atoms with Crippen LogP contribution in [-0.2, 0) is 7.05 Å². The van der Waals surface area contributed by atoms with Gasteiger partial charge in [-0.2, -0.15) is 0 Å². The molecule has 1 aromatic carbocycles. The maximum absolute atomic E-state index is 13.4. The number of hydrogen-bond donors (Lipinski definition) is 0. The molecule has 0 amide bonds. The van der Waals surface area contributed by atoms with E-state index in [0.29, 0.717) is 16.4 Å². The summed E-state index contributed by atoms with van der Waals surface area (Å²) in [4.78, 5) is 4.05. The van der Waals surface area contributed by atoms with E-state index in [1.165, 1.54) is 12.1 Å². The summed E-state index contributed by atoms with van der Waals surface area (Å²) in [6.07, 6.45) is 3.38. The largest absolute Gasteiger partial charge is 0.334 e. The van der Waals surface area contributed by atoms with Crippen LogP contribution in [0.25, 0.3) is 11.4 Å². The van der Waals surface area contributed by atoms with Crippen molar-refractivity contribution in [2.45, 2.75) is 0 Å². The SMILES string of the molecule is Cn1ccnc1-c1cc(Cl)ccc1F. The second-order valence-corrected chi connectivity index (χ2v) is 3.42. The molecule has 72 valence electrons. The third kappa shape index (κ3) is 1.51. The molecule has 0 aliphatic heterocycles. The van der Waals surface area contributed by atoms with E-state index < -0.39 is 0 Å². The van der Waals surface area contributed by atoms with E-state index >= 15 is 0 Å². The van der Waals surface area contributed by atoms with Crippen LogP contribution < -0.4 is 0 Å². The highest BCUT2D eigenvalue weighted by molar-refractivity contribution is 6.30. The van der Waals surface area contributed by atoms with E-state index in [0.717, 1.165) is 0 Å². The molecule has 2 rings (SSSR count). The van der Waals surface area contributed by atoms with Gasteiger partial charge in [-0.25, -0.2) is 9.37 Å². The lowest BCUT2D eigenvalue weighted by Gasteiger charge is -2.03. The summed E-state index contributed by atoms with van der Waals surface area (Å²) in [5.41, 5.74) is 0.421. The monoisotopic (exact) mass is 210 g/mol. The fraction of sp³-hybridized carbons (Fsp3) is 0.100. The summed E-state index contributed by atoms with van der Waals surface area (Å²) >= 11 is 5.78. The summed E-state index contributed by atoms with van der Waals surface area (Å²) in [5, 5.41) is 0.504. The Hall–Kier alpha value is -1.35. The third-order valence-corrected chi connectivity index (χ3v) is 2.23. The molecule has 0 radical (unpaired) electrons. The normalized spacial score (nSPS) is 10.5. The van der Waals surface area contributed by atoms with Crippen molar-refractivity contribution in [3.05, 3.63) is 41.4 Å². The summed E-state index contributed by atoms with van der Waals surface area (Å²) in [6.45, 7) is 0. The maximum Gasteiger partial charge on any atom is 0.142 e. The van der Waals surface area contributed by atoms with Gasteiger partial charge in [-0.3, -0.25) is 0 Å². The highest BCUT2D eigenvalue weighted by Gasteiger charge is 2.09. The molecule has 0 fully saturated rings. The number of nitrogens with zero attached hydrogens (tertiary/aromatic N) is 2. The van der Waals surface area contributed by atoms with Crippen molar-refractivity contribution >= 4 is 11.6 Å². The Bertz CT molecular complexity index is 465. The smallest absolute Gasteiger partial charge is 0.142 e. The van der Waals surface area contributed by atoms with Crippen molar-refractivity contribution in [3.8, 4) is 11.4 Å². The van der Waals surface area contributed by atoms with Crippen molar-refractivity contribution in [1.82, 2.24) is 9.55 Å². The summed E-state index contributed by atoms with van der Waals surface area (Å²) < 4.78 is 15.1. The maximum atomic E-state index is 13.4. The number of aryl methyl sites for hydroxylation is 1. The summed E-state index contributed by atoms with van der Waals surface area (Å²) in [5.74, 6) is 0.258. The molecular formula is C10H8ClFN2.